The van der Waals surface area contributed by atoms with E-state index in [0.717, 1.165) is 0 Å². The third kappa shape index (κ3) is 3.47. The normalized spacial score (nSPS) is 17.5. The molecule has 1 saturated heterocycles. The number of benzene rings is 3. The molecule has 3 aromatic rings. The predicted octanol–water partition coefficient (Wildman–Crippen LogP) is 4.47. The first-order valence-electron chi connectivity index (χ1n) is 9.80. The van der Waals surface area contributed by atoms with E-state index in [9.17, 15) is 19.1 Å². The second-order valence-corrected chi connectivity index (χ2v) is 7.09. The molecular weight excluding hydrogens is 413 g/mol. The van der Waals surface area contributed by atoms with Crippen LogP contribution in [0.5, 0.6) is 11.5 Å². The van der Waals surface area contributed by atoms with Gasteiger partial charge in [0.25, 0.3) is 11.7 Å². The number of anilines is 1. The summed E-state index contributed by atoms with van der Waals surface area (Å²) in [5.74, 6) is -1.97. The highest BCUT2D eigenvalue weighted by Gasteiger charge is 2.48. The van der Waals surface area contributed by atoms with Crippen molar-refractivity contribution in [2.45, 2.75) is 6.04 Å². The lowest BCUT2D eigenvalue weighted by Crippen LogP contribution is -2.29. The van der Waals surface area contributed by atoms with E-state index in [0.29, 0.717) is 17.2 Å². The van der Waals surface area contributed by atoms with Gasteiger partial charge in [-0.25, -0.2) is 4.39 Å². The topological polar surface area (TPSA) is 76.1 Å². The zero-order chi connectivity index (χ0) is 22.8. The van der Waals surface area contributed by atoms with E-state index < -0.39 is 29.3 Å². The predicted molar refractivity (Wildman–Crippen MR) is 117 cm³/mol. The lowest BCUT2D eigenvalue weighted by molar-refractivity contribution is -0.132. The van der Waals surface area contributed by atoms with Gasteiger partial charge in [0.2, 0.25) is 0 Å². The van der Waals surface area contributed by atoms with Gasteiger partial charge in [-0.15, -0.1) is 0 Å². The van der Waals surface area contributed by atoms with Crippen molar-refractivity contribution in [2.75, 3.05) is 19.1 Å². The fourth-order valence-corrected chi connectivity index (χ4v) is 3.82. The van der Waals surface area contributed by atoms with Gasteiger partial charge in [0.05, 0.1) is 31.4 Å². The van der Waals surface area contributed by atoms with Crippen molar-refractivity contribution in [3.05, 3.63) is 95.3 Å². The summed E-state index contributed by atoms with van der Waals surface area (Å²) in [4.78, 5) is 27.4. The van der Waals surface area contributed by atoms with Crippen LogP contribution in [-0.4, -0.2) is 31.0 Å². The third-order valence-corrected chi connectivity index (χ3v) is 5.36. The van der Waals surface area contributed by atoms with Crippen molar-refractivity contribution in [2.24, 2.45) is 0 Å². The van der Waals surface area contributed by atoms with Crippen LogP contribution in [0.15, 0.2) is 78.4 Å². The average Bonchev–Trinajstić information content (AvgIpc) is 3.09. The Morgan fingerprint density at radius 1 is 0.906 bits per heavy atom. The minimum absolute atomic E-state index is 0.0824. The van der Waals surface area contributed by atoms with Gasteiger partial charge in [-0.05, 0) is 42.5 Å². The molecule has 7 heteroatoms. The molecule has 0 aliphatic carbocycles. The molecule has 0 saturated carbocycles. The number of amides is 1. The standard InChI is InChI=1S/C25H20FNO5/c1-31-16-13-11-15(12-14-16)27-22(17-7-3-5-9-19(17)26)21(24(29)25(27)30)23(28)18-8-4-6-10-20(18)32-2/h3-14,22,28H,1-2H3/b23-21-. The number of hydrogen-bond acceptors (Lipinski definition) is 5. The van der Waals surface area contributed by atoms with Crippen LogP contribution in [0.25, 0.3) is 5.76 Å². The molecule has 0 spiro atoms. The summed E-state index contributed by atoms with van der Waals surface area (Å²) in [5, 5.41) is 11.1. The smallest absolute Gasteiger partial charge is 0.300 e. The molecule has 1 amide bonds. The number of aliphatic hydroxyl groups excluding tert-OH is 1. The Bertz CT molecular complexity index is 1220. The van der Waals surface area contributed by atoms with Crippen LogP contribution in [-0.2, 0) is 9.59 Å². The van der Waals surface area contributed by atoms with Crippen LogP contribution in [0.2, 0.25) is 0 Å². The summed E-state index contributed by atoms with van der Waals surface area (Å²) < 4.78 is 25.3. The first kappa shape index (κ1) is 21.1. The maximum Gasteiger partial charge on any atom is 0.300 e. The lowest BCUT2D eigenvalue weighted by atomic mass is 9.94. The summed E-state index contributed by atoms with van der Waals surface area (Å²) in [6, 6.07) is 17.7. The summed E-state index contributed by atoms with van der Waals surface area (Å²) in [7, 11) is 2.93. The highest BCUT2D eigenvalue weighted by molar-refractivity contribution is 6.51. The molecule has 4 rings (SSSR count). The minimum atomic E-state index is -1.17. The average molecular weight is 433 g/mol. The quantitative estimate of drug-likeness (QED) is 0.365. The molecule has 1 aliphatic rings. The summed E-state index contributed by atoms with van der Waals surface area (Å²) >= 11 is 0. The van der Waals surface area contributed by atoms with Crippen molar-refractivity contribution in [3.63, 3.8) is 0 Å². The highest BCUT2D eigenvalue weighted by Crippen LogP contribution is 2.44. The number of nitrogens with zero attached hydrogens (tertiary/aromatic N) is 1. The van der Waals surface area contributed by atoms with Crippen LogP contribution in [0.3, 0.4) is 0 Å². The lowest BCUT2D eigenvalue weighted by Gasteiger charge is -2.26. The monoisotopic (exact) mass is 433 g/mol. The van der Waals surface area contributed by atoms with Crippen LogP contribution in [0.1, 0.15) is 17.2 Å². The van der Waals surface area contributed by atoms with Crippen molar-refractivity contribution < 1.29 is 28.6 Å². The zero-order valence-electron chi connectivity index (χ0n) is 17.4. The maximum atomic E-state index is 14.9. The number of carbonyl (C=O) groups is 2. The van der Waals surface area contributed by atoms with Gasteiger partial charge >= 0.3 is 0 Å². The van der Waals surface area contributed by atoms with Crippen LogP contribution in [0, 0.1) is 5.82 Å². The van der Waals surface area contributed by atoms with E-state index in [4.69, 9.17) is 9.47 Å². The molecule has 3 aromatic carbocycles. The molecule has 6 nitrogen and oxygen atoms in total. The SMILES string of the molecule is COc1ccc(N2C(=O)C(=O)/C(=C(\O)c3ccccc3OC)C2c2ccccc2F)cc1. The Kier molecular flexibility index (Phi) is 5.64. The number of ether oxygens (including phenoxy) is 2. The molecule has 162 valence electrons. The molecule has 1 fully saturated rings. The van der Waals surface area contributed by atoms with E-state index in [1.54, 1.807) is 54.6 Å². The van der Waals surface area contributed by atoms with E-state index in [-0.39, 0.29) is 16.7 Å². The maximum absolute atomic E-state index is 14.9. The molecule has 1 unspecified atom stereocenters. The Morgan fingerprint density at radius 2 is 1.56 bits per heavy atom. The highest BCUT2D eigenvalue weighted by atomic mass is 19.1. The van der Waals surface area contributed by atoms with Gasteiger partial charge in [0.1, 0.15) is 23.1 Å². The van der Waals surface area contributed by atoms with Crippen molar-refractivity contribution in [1.29, 1.82) is 0 Å². The van der Waals surface area contributed by atoms with Gasteiger partial charge in [-0.2, -0.15) is 0 Å². The third-order valence-electron chi connectivity index (χ3n) is 5.36. The Balaban J connectivity index is 1.97. The largest absolute Gasteiger partial charge is 0.507 e. The number of halogens is 1. The number of ketones is 1. The van der Waals surface area contributed by atoms with Gasteiger partial charge in [0.15, 0.2) is 0 Å². The number of aliphatic hydroxyl groups is 1. The Labute approximate surface area is 184 Å². The molecular formula is C25H20FNO5. The van der Waals surface area contributed by atoms with Gasteiger partial charge in [0, 0.05) is 11.3 Å². The molecule has 1 aliphatic heterocycles. The van der Waals surface area contributed by atoms with Gasteiger partial charge in [-0.3, -0.25) is 14.5 Å². The van der Waals surface area contributed by atoms with Crippen LogP contribution < -0.4 is 14.4 Å². The molecule has 0 bridgehead atoms. The number of methoxy groups -OCH3 is 2. The molecule has 0 radical (unpaired) electrons. The first-order chi connectivity index (χ1) is 15.5. The second kappa shape index (κ2) is 8.55. The Morgan fingerprint density at radius 3 is 2.22 bits per heavy atom. The summed E-state index contributed by atoms with van der Waals surface area (Å²) in [6.07, 6.45) is 0. The first-order valence-corrected chi connectivity index (χ1v) is 9.80. The number of para-hydroxylation sites is 1. The molecule has 32 heavy (non-hydrogen) atoms. The zero-order valence-corrected chi connectivity index (χ0v) is 17.4. The fourth-order valence-electron chi connectivity index (χ4n) is 3.82. The number of rotatable bonds is 5. The number of carbonyl (C=O) groups excluding carboxylic acids is 2. The molecule has 1 heterocycles. The minimum Gasteiger partial charge on any atom is -0.507 e. The second-order valence-electron chi connectivity index (χ2n) is 7.09. The van der Waals surface area contributed by atoms with E-state index in [2.05, 4.69) is 0 Å². The summed E-state index contributed by atoms with van der Waals surface area (Å²) in [6.45, 7) is 0. The molecule has 0 aromatic heterocycles. The van der Waals surface area contributed by atoms with Crippen molar-refractivity contribution in [1.82, 2.24) is 0 Å². The molecule has 1 N–H and O–H groups in total. The van der Waals surface area contributed by atoms with Crippen molar-refractivity contribution >= 4 is 23.1 Å². The summed E-state index contributed by atoms with van der Waals surface area (Å²) in [5.41, 5.74) is 0.448. The van der Waals surface area contributed by atoms with E-state index in [1.807, 2.05) is 0 Å². The molecule has 1 atom stereocenters. The Hall–Kier alpha value is -4.13. The van der Waals surface area contributed by atoms with Crippen LogP contribution >= 0.6 is 0 Å². The fraction of sp³-hybridized carbons (Fsp3) is 0.120. The van der Waals surface area contributed by atoms with E-state index >= 15 is 0 Å². The van der Waals surface area contributed by atoms with Crippen molar-refractivity contribution in [3.8, 4) is 11.5 Å². The van der Waals surface area contributed by atoms with Gasteiger partial charge in [-0.1, -0.05) is 30.3 Å². The number of hydrogen-bond donors (Lipinski definition) is 1. The van der Waals surface area contributed by atoms with Gasteiger partial charge < -0.3 is 14.6 Å². The van der Waals surface area contributed by atoms with Crippen LogP contribution in [0.4, 0.5) is 10.1 Å². The number of Topliss-reactive ketones (excluding diaryl/α,β-unsaturated/α-hetero) is 1. The van der Waals surface area contributed by atoms with E-state index in [1.165, 1.54) is 37.3 Å².